The van der Waals surface area contributed by atoms with E-state index in [-0.39, 0.29) is 18.6 Å². The molecule has 120 valence electrons. The van der Waals surface area contributed by atoms with Crippen LogP contribution in [0.2, 0.25) is 0 Å². The second-order valence-electron chi connectivity index (χ2n) is 5.41. The zero-order valence-electron chi connectivity index (χ0n) is 12.4. The Labute approximate surface area is 130 Å². The number of hydrogen-bond donors (Lipinski definition) is 2. The van der Waals surface area contributed by atoms with Gasteiger partial charge in [0.25, 0.3) is 10.2 Å². The van der Waals surface area contributed by atoms with Gasteiger partial charge in [0.15, 0.2) is 0 Å². The highest BCUT2D eigenvalue weighted by molar-refractivity contribution is 7.87. The second kappa shape index (κ2) is 7.15. The van der Waals surface area contributed by atoms with Gasteiger partial charge in [-0.15, -0.1) is 11.3 Å². The lowest BCUT2D eigenvalue weighted by molar-refractivity contribution is 0.164. The molecule has 0 aliphatic carbocycles. The van der Waals surface area contributed by atoms with E-state index in [4.69, 9.17) is 0 Å². The first kappa shape index (κ1) is 16.8. The molecule has 2 rings (SSSR count). The molecule has 2 atom stereocenters. The van der Waals surface area contributed by atoms with Gasteiger partial charge < -0.3 is 5.11 Å². The van der Waals surface area contributed by atoms with Crippen molar-refractivity contribution in [2.24, 2.45) is 5.92 Å². The quantitative estimate of drug-likeness (QED) is 0.822. The third-order valence-electron chi connectivity index (χ3n) is 3.70. The van der Waals surface area contributed by atoms with Crippen LogP contribution in [-0.4, -0.2) is 42.5 Å². The Bertz CT molecular complexity index is 559. The molecule has 1 fully saturated rings. The van der Waals surface area contributed by atoms with Crippen LogP contribution in [0.15, 0.2) is 6.20 Å². The third kappa shape index (κ3) is 4.23. The van der Waals surface area contributed by atoms with Crippen LogP contribution < -0.4 is 4.72 Å². The largest absolute Gasteiger partial charge is 0.396 e. The number of aromatic nitrogens is 1. The van der Waals surface area contributed by atoms with E-state index in [0.717, 1.165) is 29.1 Å². The number of aliphatic hydroxyl groups is 1. The van der Waals surface area contributed by atoms with Crippen LogP contribution in [0, 0.1) is 5.92 Å². The molecule has 1 aromatic rings. The van der Waals surface area contributed by atoms with E-state index in [1.807, 2.05) is 6.92 Å². The number of piperidine rings is 1. The summed E-state index contributed by atoms with van der Waals surface area (Å²) in [7, 11) is -3.53. The summed E-state index contributed by atoms with van der Waals surface area (Å²) in [6.07, 6.45) is 4.37. The van der Waals surface area contributed by atoms with Crippen molar-refractivity contribution in [2.75, 3.05) is 19.7 Å². The Kier molecular flexibility index (Phi) is 5.73. The van der Waals surface area contributed by atoms with Crippen LogP contribution in [0.4, 0.5) is 0 Å². The zero-order valence-corrected chi connectivity index (χ0v) is 14.1. The van der Waals surface area contributed by atoms with Crippen molar-refractivity contribution in [1.82, 2.24) is 14.0 Å². The smallest absolute Gasteiger partial charge is 0.280 e. The Balaban J connectivity index is 2.02. The van der Waals surface area contributed by atoms with Crippen LogP contribution in [0.3, 0.4) is 0 Å². The molecule has 0 bridgehead atoms. The zero-order chi connectivity index (χ0) is 15.5. The summed E-state index contributed by atoms with van der Waals surface area (Å²) in [6.45, 7) is 4.79. The molecule has 0 aromatic carbocycles. The topological polar surface area (TPSA) is 82.5 Å². The summed E-state index contributed by atoms with van der Waals surface area (Å²) in [5.74, 6) is 0.0391. The van der Waals surface area contributed by atoms with Crippen molar-refractivity contribution in [1.29, 1.82) is 0 Å². The molecule has 0 saturated carbocycles. The maximum Gasteiger partial charge on any atom is 0.280 e. The monoisotopic (exact) mass is 333 g/mol. The average molecular weight is 333 g/mol. The summed E-state index contributed by atoms with van der Waals surface area (Å²) >= 11 is 1.54. The number of aryl methyl sites for hydroxylation is 1. The highest BCUT2D eigenvalue weighted by atomic mass is 32.2. The van der Waals surface area contributed by atoms with Crippen LogP contribution in [0.25, 0.3) is 0 Å². The van der Waals surface area contributed by atoms with E-state index in [9.17, 15) is 13.5 Å². The number of aliphatic hydroxyl groups excluding tert-OH is 1. The molecule has 2 N–H and O–H groups in total. The van der Waals surface area contributed by atoms with Crippen LogP contribution in [0.1, 0.15) is 42.6 Å². The predicted molar refractivity (Wildman–Crippen MR) is 83.3 cm³/mol. The lowest BCUT2D eigenvalue weighted by atomic mass is 10.0. The Morgan fingerprint density at radius 2 is 2.38 bits per heavy atom. The van der Waals surface area contributed by atoms with Gasteiger partial charge in [-0.2, -0.15) is 17.4 Å². The van der Waals surface area contributed by atoms with E-state index in [1.54, 1.807) is 6.20 Å². The third-order valence-corrected chi connectivity index (χ3v) is 6.68. The van der Waals surface area contributed by atoms with Crippen LogP contribution in [0.5, 0.6) is 0 Å². The highest BCUT2D eigenvalue weighted by Crippen LogP contribution is 2.23. The molecule has 1 saturated heterocycles. The molecular formula is C13H23N3O3S2. The van der Waals surface area contributed by atoms with Gasteiger partial charge in [0.2, 0.25) is 0 Å². The number of thiazole rings is 1. The van der Waals surface area contributed by atoms with Gasteiger partial charge in [-0.1, -0.05) is 6.92 Å². The first-order valence-corrected chi connectivity index (χ1v) is 9.54. The number of nitrogens with zero attached hydrogens (tertiary/aromatic N) is 2. The average Bonchev–Trinajstić information content (AvgIpc) is 2.96. The Morgan fingerprint density at radius 1 is 1.62 bits per heavy atom. The highest BCUT2D eigenvalue weighted by Gasteiger charge is 2.30. The summed E-state index contributed by atoms with van der Waals surface area (Å²) in [4.78, 5) is 5.43. The Hall–Kier alpha value is -0.540. The van der Waals surface area contributed by atoms with Crippen molar-refractivity contribution in [3.05, 3.63) is 16.1 Å². The molecule has 1 aromatic heterocycles. The molecule has 0 amide bonds. The molecule has 21 heavy (non-hydrogen) atoms. The van der Waals surface area contributed by atoms with E-state index in [2.05, 4.69) is 16.6 Å². The lowest BCUT2D eigenvalue weighted by Gasteiger charge is -2.31. The summed E-state index contributed by atoms with van der Waals surface area (Å²) < 4.78 is 29.0. The van der Waals surface area contributed by atoms with Crippen LogP contribution in [-0.2, 0) is 16.6 Å². The van der Waals surface area contributed by atoms with E-state index >= 15 is 0 Å². The fourth-order valence-corrected chi connectivity index (χ4v) is 4.85. The molecule has 0 spiro atoms. The molecule has 0 radical (unpaired) electrons. The fourth-order valence-electron chi connectivity index (χ4n) is 2.43. The van der Waals surface area contributed by atoms with E-state index in [0.29, 0.717) is 13.1 Å². The molecule has 2 heterocycles. The SMILES string of the molecule is CCc1cnc(C(C)NS(=O)(=O)N2CCCC(CO)C2)s1. The number of nitrogens with one attached hydrogen (secondary N) is 1. The van der Waals surface area contributed by atoms with Gasteiger partial charge in [-0.25, -0.2) is 4.98 Å². The number of hydrogen-bond acceptors (Lipinski definition) is 5. The molecule has 2 unspecified atom stereocenters. The standard InChI is InChI=1S/C13H23N3O3S2/c1-3-12-7-14-13(20-12)10(2)15-21(18,19)16-6-4-5-11(8-16)9-17/h7,10-11,15,17H,3-6,8-9H2,1-2H3. The van der Waals surface area contributed by atoms with Gasteiger partial charge in [0.05, 0.1) is 6.04 Å². The van der Waals surface area contributed by atoms with Crippen molar-refractivity contribution in [3.8, 4) is 0 Å². The van der Waals surface area contributed by atoms with Crippen molar-refractivity contribution in [3.63, 3.8) is 0 Å². The van der Waals surface area contributed by atoms with Crippen LogP contribution >= 0.6 is 11.3 Å². The van der Waals surface area contributed by atoms with E-state index in [1.165, 1.54) is 15.6 Å². The minimum absolute atomic E-state index is 0.0356. The normalized spacial score (nSPS) is 22.3. The van der Waals surface area contributed by atoms with Crippen molar-refractivity contribution >= 4 is 21.5 Å². The molecule has 8 heteroatoms. The van der Waals surface area contributed by atoms with Gasteiger partial charge >= 0.3 is 0 Å². The first-order chi connectivity index (χ1) is 9.96. The predicted octanol–water partition coefficient (Wildman–Crippen LogP) is 1.31. The minimum Gasteiger partial charge on any atom is -0.396 e. The van der Waals surface area contributed by atoms with Gasteiger partial charge in [-0.05, 0) is 32.1 Å². The van der Waals surface area contributed by atoms with E-state index < -0.39 is 10.2 Å². The number of rotatable bonds is 6. The summed E-state index contributed by atoms with van der Waals surface area (Å²) in [5, 5.41) is 10.00. The molecule has 1 aliphatic rings. The fraction of sp³-hybridized carbons (Fsp3) is 0.769. The molecule has 1 aliphatic heterocycles. The maximum absolute atomic E-state index is 12.4. The maximum atomic E-state index is 12.4. The summed E-state index contributed by atoms with van der Waals surface area (Å²) in [5.41, 5.74) is 0. The van der Waals surface area contributed by atoms with Crippen molar-refractivity contribution in [2.45, 2.75) is 39.2 Å². The molecular weight excluding hydrogens is 310 g/mol. The second-order valence-corrected chi connectivity index (χ2v) is 8.26. The van der Waals surface area contributed by atoms with Gasteiger partial charge in [-0.3, -0.25) is 0 Å². The Morgan fingerprint density at radius 3 is 3.00 bits per heavy atom. The summed E-state index contributed by atoms with van der Waals surface area (Å²) in [6, 6.07) is -0.338. The van der Waals surface area contributed by atoms with Crippen molar-refractivity contribution < 1.29 is 13.5 Å². The van der Waals surface area contributed by atoms with Gasteiger partial charge in [0, 0.05) is 30.8 Å². The molecule has 6 nitrogen and oxygen atoms in total. The van der Waals surface area contributed by atoms with Gasteiger partial charge in [0.1, 0.15) is 5.01 Å². The lowest BCUT2D eigenvalue weighted by Crippen LogP contribution is -2.47. The minimum atomic E-state index is -3.53. The first-order valence-electron chi connectivity index (χ1n) is 7.29.